The van der Waals surface area contributed by atoms with E-state index in [1.54, 1.807) is 12.1 Å². The molecule has 0 spiro atoms. The van der Waals surface area contributed by atoms with Gasteiger partial charge in [0.1, 0.15) is 0 Å². The SMILES string of the molecule is Cc1cc(C)cc(C(=O)Nc2cc3c(cc2N)OCO3)c1. The summed E-state index contributed by atoms with van der Waals surface area (Å²) in [6.45, 7) is 4.08. The predicted octanol–water partition coefficient (Wildman–Crippen LogP) is 2.87. The van der Waals surface area contributed by atoms with E-state index in [0.717, 1.165) is 11.1 Å². The standard InChI is InChI=1S/C16H16N2O3/c1-9-3-10(2)5-11(4-9)16(19)18-13-7-15-14(6-12(13)17)20-8-21-15/h3-7H,8,17H2,1-2H3,(H,18,19). The first-order valence-corrected chi connectivity index (χ1v) is 6.62. The fourth-order valence-corrected chi connectivity index (χ4v) is 2.37. The van der Waals surface area contributed by atoms with Crippen molar-refractivity contribution >= 4 is 17.3 Å². The van der Waals surface area contributed by atoms with E-state index in [9.17, 15) is 4.79 Å². The number of carbonyl (C=O) groups is 1. The molecule has 1 heterocycles. The van der Waals surface area contributed by atoms with Gasteiger partial charge in [-0.2, -0.15) is 0 Å². The summed E-state index contributed by atoms with van der Waals surface area (Å²) in [7, 11) is 0. The summed E-state index contributed by atoms with van der Waals surface area (Å²) in [5.41, 5.74) is 9.57. The molecular weight excluding hydrogens is 268 g/mol. The van der Waals surface area contributed by atoms with Crippen LogP contribution in [-0.4, -0.2) is 12.7 Å². The molecule has 0 atom stereocenters. The van der Waals surface area contributed by atoms with Crippen molar-refractivity contribution in [2.75, 3.05) is 17.8 Å². The van der Waals surface area contributed by atoms with E-state index in [-0.39, 0.29) is 12.7 Å². The van der Waals surface area contributed by atoms with E-state index in [2.05, 4.69) is 5.32 Å². The average Bonchev–Trinajstić information content (AvgIpc) is 2.85. The highest BCUT2D eigenvalue weighted by Gasteiger charge is 2.17. The Balaban J connectivity index is 1.88. The van der Waals surface area contributed by atoms with Gasteiger partial charge in [0.25, 0.3) is 5.91 Å². The molecular formula is C16H16N2O3. The number of rotatable bonds is 2. The van der Waals surface area contributed by atoms with Gasteiger partial charge in [0.15, 0.2) is 11.5 Å². The average molecular weight is 284 g/mol. The molecule has 0 bridgehead atoms. The molecule has 5 heteroatoms. The second kappa shape index (κ2) is 5.01. The van der Waals surface area contributed by atoms with Crippen LogP contribution in [0, 0.1) is 13.8 Å². The maximum absolute atomic E-state index is 12.3. The number of nitrogens with two attached hydrogens (primary N) is 1. The van der Waals surface area contributed by atoms with E-state index in [4.69, 9.17) is 15.2 Å². The number of aryl methyl sites for hydroxylation is 2. The van der Waals surface area contributed by atoms with Gasteiger partial charge in [-0.05, 0) is 26.0 Å². The molecule has 0 unspecified atom stereocenters. The lowest BCUT2D eigenvalue weighted by molar-refractivity contribution is 0.102. The molecule has 2 aromatic carbocycles. The third kappa shape index (κ3) is 2.63. The lowest BCUT2D eigenvalue weighted by Crippen LogP contribution is -2.13. The first kappa shape index (κ1) is 13.3. The fourth-order valence-electron chi connectivity index (χ4n) is 2.37. The highest BCUT2D eigenvalue weighted by atomic mass is 16.7. The van der Waals surface area contributed by atoms with Gasteiger partial charge < -0.3 is 20.5 Å². The molecule has 1 amide bonds. The van der Waals surface area contributed by atoms with E-state index < -0.39 is 0 Å². The highest BCUT2D eigenvalue weighted by Crippen LogP contribution is 2.38. The summed E-state index contributed by atoms with van der Waals surface area (Å²) < 4.78 is 10.5. The Morgan fingerprint density at radius 2 is 1.67 bits per heavy atom. The van der Waals surface area contributed by atoms with Crippen LogP contribution in [-0.2, 0) is 0 Å². The zero-order chi connectivity index (χ0) is 15.0. The monoisotopic (exact) mass is 284 g/mol. The second-order valence-electron chi connectivity index (χ2n) is 5.12. The number of benzene rings is 2. The van der Waals surface area contributed by atoms with Crippen molar-refractivity contribution in [3.05, 3.63) is 47.0 Å². The molecule has 0 saturated heterocycles. The van der Waals surface area contributed by atoms with Crippen LogP contribution in [0.25, 0.3) is 0 Å². The normalized spacial score (nSPS) is 12.3. The molecule has 0 saturated carbocycles. The molecule has 0 aliphatic carbocycles. The van der Waals surface area contributed by atoms with Gasteiger partial charge in [0.05, 0.1) is 11.4 Å². The Morgan fingerprint density at radius 3 is 2.33 bits per heavy atom. The van der Waals surface area contributed by atoms with E-state index in [1.165, 1.54) is 0 Å². The van der Waals surface area contributed by atoms with Crippen LogP contribution in [0.3, 0.4) is 0 Å². The molecule has 0 fully saturated rings. The van der Waals surface area contributed by atoms with E-state index in [0.29, 0.717) is 28.4 Å². The molecule has 0 aromatic heterocycles. The van der Waals surface area contributed by atoms with Crippen molar-refractivity contribution in [3.63, 3.8) is 0 Å². The van der Waals surface area contributed by atoms with Crippen LogP contribution in [0.5, 0.6) is 11.5 Å². The summed E-state index contributed by atoms with van der Waals surface area (Å²) in [6.07, 6.45) is 0. The number of fused-ring (bicyclic) bond motifs is 1. The molecule has 1 aliphatic heterocycles. The number of nitrogen functional groups attached to an aromatic ring is 1. The first-order valence-electron chi connectivity index (χ1n) is 6.62. The van der Waals surface area contributed by atoms with Crippen molar-refractivity contribution in [1.29, 1.82) is 0 Å². The van der Waals surface area contributed by atoms with Crippen LogP contribution in [0.1, 0.15) is 21.5 Å². The summed E-state index contributed by atoms with van der Waals surface area (Å²) in [4.78, 5) is 12.3. The Labute approximate surface area is 122 Å². The maximum atomic E-state index is 12.3. The number of nitrogens with one attached hydrogen (secondary N) is 1. The molecule has 5 nitrogen and oxygen atoms in total. The van der Waals surface area contributed by atoms with Crippen LogP contribution in [0.4, 0.5) is 11.4 Å². The zero-order valence-electron chi connectivity index (χ0n) is 11.9. The zero-order valence-corrected chi connectivity index (χ0v) is 11.9. The molecule has 21 heavy (non-hydrogen) atoms. The number of ether oxygens (including phenoxy) is 2. The molecule has 1 aliphatic rings. The minimum atomic E-state index is -0.202. The third-order valence-corrected chi connectivity index (χ3v) is 3.28. The summed E-state index contributed by atoms with van der Waals surface area (Å²) in [5.74, 6) is 0.976. The van der Waals surface area contributed by atoms with Crippen LogP contribution < -0.4 is 20.5 Å². The van der Waals surface area contributed by atoms with Crippen LogP contribution in [0.2, 0.25) is 0 Å². The Kier molecular flexibility index (Phi) is 3.17. The highest BCUT2D eigenvalue weighted by molar-refractivity contribution is 6.06. The number of amides is 1. The van der Waals surface area contributed by atoms with E-state index in [1.807, 2.05) is 32.0 Å². The quantitative estimate of drug-likeness (QED) is 0.832. The van der Waals surface area contributed by atoms with Crippen molar-refractivity contribution in [2.24, 2.45) is 0 Å². The van der Waals surface area contributed by atoms with Gasteiger partial charge >= 0.3 is 0 Å². The number of carbonyl (C=O) groups excluding carboxylic acids is 1. The topological polar surface area (TPSA) is 73.6 Å². The molecule has 108 valence electrons. The van der Waals surface area contributed by atoms with Gasteiger partial charge in [0, 0.05) is 17.7 Å². The fraction of sp³-hybridized carbons (Fsp3) is 0.188. The third-order valence-electron chi connectivity index (χ3n) is 3.28. The van der Waals surface area contributed by atoms with Crippen molar-refractivity contribution in [1.82, 2.24) is 0 Å². The van der Waals surface area contributed by atoms with Gasteiger partial charge in [-0.3, -0.25) is 4.79 Å². The van der Waals surface area contributed by atoms with Gasteiger partial charge in [-0.1, -0.05) is 17.2 Å². The lowest BCUT2D eigenvalue weighted by Gasteiger charge is -2.10. The minimum Gasteiger partial charge on any atom is -0.454 e. The predicted molar refractivity (Wildman–Crippen MR) is 80.8 cm³/mol. The van der Waals surface area contributed by atoms with Crippen molar-refractivity contribution in [2.45, 2.75) is 13.8 Å². The molecule has 2 aromatic rings. The van der Waals surface area contributed by atoms with Crippen LogP contribution >= 0.6 is 0 Å². The summed E-state index contributed by atoms with van der Waals surface area (Å²) >= 11 is 0. The Hall–Kier alpha value is -2.69. The number of hydrogen-bond donors (Lipinski definition) is 2. The van der Waals surface area contributed by atoms with Crippen LogP contribution in [0.15, 0.2) is 30.3 Å². The van der Waals surface area contributed by atoms with Gasteiger partial charge in [-0.25, -0.2) is 0 Å². The minimum absolute atomic E-state index is 0.170. The van der Waals surface area contributed by atoms with Gasteiger partial charge in [0.2, 0.25) is 6.79 Å². The second-order valence-corrected chi connectivity index (χ2v) is 5.12. The maximum Gasteiger partial charge on any atom is 0.255 e. The summed E-state index contributed by atoms with van der Waals surface area (Å²) in [5, 5.41) is 2.81. The van der Waals surface area contributed by atoms with Crippen molar-refractivity contribution in [3.8, 4) is 11.5 Å². The Morgan fingerprint density at radius 1 is 1.05 bits per heavy atom. The van der Waals surface area contributed by atoms with Crippen molar-refractivity contribution < 1.29 is 14.3 Å². The number of anilines is 2. The largest absolute Gasteiger partial charge is 0.454 e. The Bertz CT molecular complexity index is 705. The smallest absolute Gasteiger partial charge is 0.255 e. The van der Waals surface area contributed by atoms with E-state index >= 15 is 0 Å². The summed E-state index contributed by atoms with van der Waals surface area (Å²) in [6, 6.07) is 9.03. The lowest BCUT2D eigenvalue weighted by atomic mass is 10.1. The molecule has 0 radical (unpaired) electrons. The first-order chi connectivity index (χ1) is 10.0. The molecule has 3 N–H and O–H groups in total. The number of hydrogen-bond acceptors (Lipinski definition) is 4. The molecule has 3 rings (SSSR count). The van der Waals surface area contributed by atoms with Gasteiger partial charge in [-0.15, -0.1) is 0 Å².